The summed E-state index contributed by atoms with van der Waals surface area (Å²) in [5.41, 5.74) is 0.449. The number of hydrogen-bond donors (Lipinski definition) is 3. The van der Waals surface area contributed by atoms with Crippen LogP contribution in [0.4, 0.5) is 5.69 Å². The summed E-state index contributed by atoms with van der Waals surface area (Å²) in [6.07, 6.45) is 0. The number of carboxylic acid groups (broad SMARTS) is 1. The standard InChI is InChI=1S/C13H20N2O5S/c1-10(2)15-21(18,19)12-6-4-3-5-11(12)14-7-8-20-9-13(16)17/h3-6,10,14-15H,7-9H2,1-2H3,(H,16,17). The summed E-state index contributed by atoms with van der Waals surface area (Å²) in [4.78, 5) is 10.4. The van der Waals surface area contributed by atoms with Crippen molar-refractivity contribution in [1.29, 1.82) is 0 Å². The summed E-state index contributed by atoms with van der Waals surface area (Å²) in [6, 6.07) is 6.30. The smallest absolute Gasteiger partial charge is 0.329 e. The highest BCUT2D eigenvalue weighted by Gasteiger charge is 2.18. The molecule has 0 aliphatic carbocycles. The van der Waals surface area contributed by atoms with E-state index in [1.165, 1.54) is 6.07 Å². The third-order valence-corrected chi connectivity index (χ3v) is 4.07. The molecule has 8 heteroatoms. The van der Waals surface area contributed by atoms with E-state index in [1.807, 2.05) is 0 Å². The monoisotopic (exact) mass is 316 g/mol. The maximum Gasteiger partial charge on any atom is 0.329 e. The quantitative estimate of drug-likeness (QED) is 0.584. The van der Waals surface area contributed by atoms with Crippen LogP contribution in [0.3, 0.4) is 0 Å². The van der Waals surface area contributed by atoms with E-state index >= 15 is 0 Å². The minimum atomic E-state index is -3.59. The normalized spacial score (nSPS) is 11.6. The summed E-state index contributed by atoms with van der Waals surface area (Å²) in [5.74, 6) is -1.04. The zero-order chi connectivity index (χ0) is 15.9. The Morgan fingerprint density at radius 2 is 2.00 bits per heavy atom. The van der Waals surface area contributed by atoms with Crippen molar-refractivity contribution in [3.05, 3.63) is 24.3 Å². The number of aliphatic carboxylic acids is 1. The Labute approximate surface area is 124 Å². The summed E-state index contributed by atoms with van der Waals surface area (Å²) in [7, 11) is -3.59. The molecule has 0 aliphatic rings. The molecule has 0 saturated carbocycles. The van der Waals surface area contributed by atoms with Gasteiger partial charge in [0.25, 0.3) is 0 Å². The van der Waals surface area contributed by atoms with Gasteiger partial charge in [-0.25, -0.2) is 17.9 Å². The molecule has 3 N–H and O–H groups in total. The van der Waals surface area contributed by atoms with Crippen LogP contribution in [0.1, 0.15) is 13.8 Å². The summed E-state index contributed by atoms with van der Waals surface area (Å²) in [6.45, 7) is 3.58. The summed E-state index contributed by atoms with van der Waals surface area (Å²) < 4.78 is 31.8. The number of benzene rings is 1. The second-order valence-electron chi connectivity index (χ2n) is 4.65. The van der Waals surface area contributed by atoms with Crippen LogP contribution < -0.4 is 10.0 Å². The number of carbonyl (C=O) groups is 1. The zero-order valence-electron chi connectivity index (χ0n) is 12.0. The topological polar surface area (TPSA) is 105 Å². The summed E-state index contributed by atoms with van der Waals surface area (Å²) in [5, 5.41) is 11.4. The van der Waals surface area contributed by atoms with Gasteiger partial charge in [-0.1, -0.05) is 12.1 Å². The Balaban J connectivity index is 2.69. The van der Waals surface area contributed by atoms with Gasteiger partial charge in [0.2, 0.25) is 10.0 Å². The Hall–Kier alpha value is -1.64. The summed E-state index contributed by atoms with van der Waals surface area (Å²) >= 11 is 0. The largest absolute Gasteiger partial charge is 0.480 e. The Bertz CT molecular complexity index is 572. The van der Waals surface area contributed by atoms with Crippen LogP contribution in [0.15, 0.2) is 29.2 Å². The minimum Gasteiger partial charge on any atom is -0.480 e. The molecule has 0 spiro atoms. The van der Waals surface area contributed by atoms with Crippen LogP contribution in [-0.4, -0.2) is 45.3 Å². The fraction of sp³-hybridized carbons (Fsp3) is 0.462. The second-order valence-corrected chi connectivity index (χ2v) is 6.33. The number of para-hydroxylation sites is 1. The fourth-order valence-corrected chi connectivity index (χ4v) is 3.07. The molecule has 7 nitrogen and oxygen atoms in total. The van der Waals surface area contributed by atoms with E-state index in [1.54, 1.807) is 32.0 Å². The van der Waals surface area contributed by atoms with Crippen LogP contribution in [0, 0.1) is 0 Å². The number of rotatable bonds is 9. The van der Waals surface area contributed by atoms with Gasteiger partial charge >= 0.3 is 5.97 Å². The molecule has 1 rings (SSSR count). The first-order valence-corrected chi connectivity index (χ1v) is 7.96. The van der Waals surface area contributed by atoms with E-state index in [-0.39, 0.29) is 24.2 Å². The molecule has 1 aromatic carbocycles. The number of carboxylic acids is 1. The molecular formula is C13H20N2O5S. The SMILES string of the molecule is CC(C)NS(=O)(=O)c1ccccc1NCCOCC(=O)O. The Morgan fingerprint density at radius 3 is 2.62 bits per heavy atom. The number of anilines is 1. The number of ether oxygens (including phenoxy) is 1. The van der Waals surface area contributed by atoms with Crippen LogP contribution >= 0.6 is 0 Å². The van der Waals surface area contributed by atoms with Crippen molar-refractivity contribution < 1.29 is 23.1 Å². The predicted molar refractivity (Wildman–Crippen MR) is 78.8 cm³/mol. The van der Waals surface area contributed by atoms with Gasteiger partial charge in [-0.15, -0.1) is 0 Å². The van der Waals surface area contributed by atoms with Gasteiger partial charge in [0.05, 0.1) is 12.3 Å². The second kappa shape index (κ2) is 7.96. The van der Waals surface area contributed by atoms with E-state index in [4.69, 9.17) is 9.84 Å². The highest BCUT2D eigenvalue weighted by atomic mass is 32.2. The molecule has 0 saturated heterocycles. The first kappa shape index (κ1) is 17.4. The molecule has 1 aromatic rings. The van der Waals surface area contributed by atoms with E-state index < -0.39 is 16.0 Å². The highest BCUT2D eigenvalue weighted by Crippen LogP contribution is 2.20. The molecule has 0 atom stereocenters. The van der Waals surface area contributed by atoms with Crippen molar-refractivity contribution >= 4 is 21.7 Å². The van der Waals surface area contributed by atoms with Crippen LogP contribution in [-0.2, 0) is 19.6 Å². The van der Waals surface area contributed by atoms with Crippen molar-refractivity contribution in [1.82, 2.24) is 4.72 Å². The lowest BCUT2D eigenvalue weighted by atomic mass is 10.3. The maximum absolute atomic E-state index is 12.2. The average Bonchev–Trinajstić information content (AvgIpc) is 2.37. The number of hydrogen-bond acceptors (Lipinski definition) is 5. The van der Waals surface area contributed by atoms with Crippen molar-refractivity contribution in [3.8, 4) is 0 Å². The van der Waals surface area contributed by atoms with E-state index in [0.29, 0.717) is 12.2 Å². The highest BCUT2D eigenvalue weighted by molar-refractivity contribution is 7.89. The lowest BCUT2D eigenvalue weighted by Crippen LogP contribution is -2.31. The Morgan fingerprint density at radius 1 is 1.33 bits per heavy atom. The van der Waals surface area contributed by atoms with Crippen LogP contribution in [0.5, 0.6) is 0 Å². The molecule has 0 bridgehead atoms. The molecule has 0 radical (unpaired) electrons. The van der Waals surface area contributed by atoms with Crippen molar-refractivity contribution in [2.45, 2.75) is 24.8 Å². The fourth-order valence-electron chi connectivity index (χ4n) is 1.64. The maximum atomic E-state index is 12.2. The van der Waals surface area contributed by atoms with Gasteiger partial charge in [0, 0.05) is 12.6 Å². The molecule has 21 heavy (non-hydrogen) atoms. The zero-order valence-corrected chi connectivity index (χ0v) is 12.8. The van der Waals surface area contributed by atoms with Gasteiger partial charge in [0.1, 0.15) is 11.5 Å². The number of sulfonamides is 1. The Kier molecular flexibility index (Phi) is 6.60. The van der Waals surface area contributed by atoms with Gasteiger partial charge in [-0.3, -0.25) is 0 Å². The molecule has 0 heterocycles. The minimum absolute atomic E-state index is 0.150. The number of nitrogens with one attached hydrogen (secondary N) is 2. The van der Waals surface area contributed by atoms with Crippen molar-refractivity contribution in [2.75, 3.05) is 25.1 Å². The van der Waals surface area contributed by atoms with Gasteiger partial charge < -0.3 is 15.2 Å². The van der Waals surface area contributed by atoms with E-state index in [0.717, 1.165) is 0 Å². The van der Waals surface area contributed by atoms with E-state index in [9.17, 15) is 13.2 Å². The molecule has 0 unspecified atom stereocenters. The van der Waals surface area contributed by atoms with Crippen LogP contribution in [0.25, 0.3) is 0 Å². The predicted octanol–water partition coefficient (Wildman–Crippen LogP) is 0.886. The third-order valence-electron chi connectivity index (χ3n) is 2.35. The molecule has 118 valence electrons. The lowest BCUT2D eigenvalue weighted by molar-refractivity contribution is -0.142. The van der Waals surface area contributed by atoms with Gasteiger partial charge in [-0.05, 0) is 26.0 Å². The molecule has 0 aliphatic heterocycles. The van der Waals surface area contributed by atoms with Crippen molar-refractivity contribution in [2.24, 2.45) is 0 Å². The molecule has 0 amide bonds. The lowest BCUT2D eigenvalue weighted by Gasteiger charge is -2.14. The van der Waals surface area contributed by atoms with Gasteiger partial charge in [0.15, 0.2) is 0 Å². The first-order valence-electron chi connectivity index (χ1n) is 6.47. The third kappa shape index (κ3) is 6.11. The molecule has 0 aromatic heterocycles. The molecule has 0 fully saturated rings. The molecular weight excluding hydrogens is 296 g/mol. The first-order chi connectivity index (χ1) is 9.83. The average molecular weight is 316 g/mol. The van der Waals surface area contributed by atoms with Crippen molar-refractivity contribution in [3.63, 3.8) is 0 Å². The van der Waals surface area contributed by atoms with E-state index in [2.05, 4.69) is 10.0 Å². The van der Waals surface area contributed by atoms with Gasteiger partial charge in [-0.2, -0.15) is 0 Å². The van der Waals surface area contributed by atoms with Crippen LogP contribution in [0.2, 0.25) is 0 Å².